The third-order valence-electron chi connectivity index (χ3n) is 3.83. The van der Waals surface area contributed by atoms with Crippen LogP contribution in [0.3, 0.4) is 0 Å². The molecular formula is C14H30N2O. The van der Waals surface area contributed by atoms with E-state index in [1.807, 2.05) is 6.92 Å². The van der Waals surface area contributed by atoms with Gasteiger partial charge in [0.05, 0.1) is 6.10 Å². The summed E-state index contributed by atoms with van der Waals surface area (Å²) >= 11 is 0. The van der Waals surface area contributed by atoms with Gasteiger partial charge in [-0.2, -0.15) is 0 Å². The van der Waals surface area contributed by atoms with Crippen LogP contribution in [0.15, 0.2) is 0 Å². The van der Waals surface area contributed by atoms with Crippen molar-refractivity contribution in [1.29, 1.82) is 0 Å². The zero-order valence-corrected chi connectivity index (χ0v) is 11.9. The average Bonchev–Trinajstić information content (AvgIpc) is 2.28. The maximum absolute atomic E-state index is 9.74. The van der Waals surface area contributed by atoms with Crippen molar-refractivity contribution in [2.75, 3.05) is 19.6 Å². The summed E-state index contributed by atoms with van der Waals surface area (Å²) in [6, 6.07) is 0.883. The van der Waals surface area contributed by atoms with Crippen LogP contribution in [0.4, 0.5) is 0 Å². The van der Waals surface area contributed by atoms with E-state index >= 15 is 0 Å². The largest absolute Gasteiger partial charge is 0.392 e. The molecule has 1 heterocycles. The minimum atomic E-state index is -0.235. The highest BCUT2D eigenvalue weighted by molar-refractivity contribution is 4.84. The van der Waals surface area contributed by atoms with Crippen molar-refractivity contribution in [1.82, 2.24) is 10.2 Å². The summed E-state index contributed by atoms with van der Waals surface area (Å²) < 4.78 is 0. The first-order valence-electron chi connectivity index (χ1n) is 7.17. The zero-order valence-electron chi connectivity index (χ0n) is 11.9. The fourth-order valence-electron chi connectivity index (χ4n) is 2.59. The summed E-state index contributed by atoms with van der Waals surface area (Å²) in [5.41, 5.74) is 0. The van der Waals surface area contributed by atoms with Crippen LogP contribution in [0, 0.1) is 5.92 Å². The normalized spacial score (nSPS) is 26.1. The minimum absolute atomic E-state index is 0.235. The monoisotopic (exact) mass is 242 g/mol. The molecule has 0 bridgehead atoms. The van der Waals surface area contributed by atoms with Crippen LogP contribution in [0.1, 0.15) is 47.0 Å². The molecule has 0 amide bonds. The molecule has 1 fully saturated rings. The SMILES string of the molecule is CC(C)CNCC1CCCCN1C(C)C(C)O. The fourth-order valence-corrected chi connectivity index (χ4v) is 2.59. The molecule has 0 aromatic rings. The van der Waals surface area contributed by atoms with E-state index in [1.54, 1.807) is 0 Å². The zero-order chi connectivity index (χ0) is 12.8. The van der Waals surface area contributed by atoms with Crippen LogP contribution in [-0.4, -0.2) is 47.8 Å². The molecule has 3 atom stereocenters. The van der Waals surface area contributed by atoms with Gasteiger partial charge in [-0.25, -0.2) is 0 Å². The van der Waals surface area contributed by atoms with Gasteiger partial charge < -0.3 is 10.4 Å². The van der Waals surface area contributed by atoms with E-state index in [2.05, 4.69) is 31.0 Å². The molecule has 102 valence electrons. The lowest BCUT2D eigenvalue weighted by molar-refractivity contribution is 0.0249. The molecule has 3 heteroatoms. The number of nitrogens with one attached hydrogen (secondary N) is 1. The number of nitrogens with zero attached hydrogens (tertiary/aromatic N) is 1. The summed E-state index contributed by atoms with van der Waals surface area (Å²) in [4.78, 5) is 2.49. The van der Waals surface area contributed by atoms with Crippen LogP contribution in [0.5, 0.6) is 0 Å². The molecular weight excluding hydrogens is 212 g/mol. The van der Waals surface area contributed by atoms with Gasteiger partial charge in [0.25, 0.3) is 0 Å². The Labute approximate surface area is 107 Å². The Kier molecular flexibility index (Phi) is 6.45. The predicted octanol–water partition coefficient (Wildman–Crippen LogP) is 1.86. The lowest BCUT2D eigenvalue weighted by atomic mass is 9.98. The topological polar surface area (TPSA) is 35.5 Å². The summed E-state index contributed by atoms with van der Waals surface area (Å²) in [5.74, 6) is 0.709. The first-order valence-corrected chi connectivity index (χ1v) is 7.17. The lowest BCUT2D eigenvalue weighted by Crippen LogP contribution is -2.52. The number of aliphatic hydroxyl groups is 1. The number of hydrogen-bond acceptors (Lipinski definition) is 3. The predicted molar refractivity (Wildman–Crippen MR) is 73.2 cm³/mol. The van der Waals surface area contributed by atoms with Crippen molar-refractivity contribution in [3.8, 4) is 0 Å². The summed E-state index contributed by atoms with van der Waals surface area (Å²) in [6.07, 6.45) is 3.64. The number of piperidine rings is 1. The number of likely N-dealkylation sites (tertiary alicyclic amines) is 1. The van der Waals surface area contributed by atoms with Crippen molar-refractivity contribution in [3.63, 3.8) is 0 Å². The van der Waals surface area contributed by atoms with Gasteiger partial charge in [0.15, 0.2) is 0 Å². The Morgan fingerprint density at radius 3 is 2.53 bits per heavy atom. The lowest BCUT2D eigenvalue weighted by Gasteiger charge is -2.41. The first-order chi connectivity index (χ1) is 8.02. The second kappa shape index (κ2) is 7.34. The van der Waals surface area contributed by atoms with Crippen molar-refractivity contribution in [2.45, 2.75) is 65.1 Å². The molecule has 3 nitrogen and oxygen atoms in total. The minimum Gasteiger partial charge on any atom is -0.392 e. The molecule has 2 N–H and O–H groups in total. The molecule has 0 saturated carbocycles. The van der Waals surface area contributed by atoms with Crippen LogP contribution >= 0.6 is 0 Å². The molecule has 0 aromatic heterocycles. The van der Waals surface area contributed by atoms with Crippen molar-refractivity contribution < 1.29 is 5.11 Å². The molecule has 0 aliphatic carbocycles. The molecule has 1 saturated heterocycles. The third kappa shape index (κ3) is 4.94. The molecule has 1 rings (SSSR count). The van der Waals surface area contributed by atoms with E-state index in [9.17, 15) is 5.11 Å². The van der Waals surface area contributed by atoms with Crippen LogP contribution in [-0.2, 0) is 0 Å². The highest BCUT2D eigenvalue weighted by atomic mass is 16.3. The summed E-state index contributed by atoms with van der Waals surface area (Å²) in [5, 5.41) is 13.3. The van der Waals surface area contributed by atoms with Crippen molar-refractivity contribution in [2.24, 2.45) is 5.92 Å². The van der Waals surface area contributed by atoms with Gasteiger partial charge in [0.1, 0.15) is 0 Å². The van der Waals surface area contributed by atoms with E-state index in [0.717, 1.165) is 19.6 Å². The second-order valence-electron chi connectivity index (χ2n) is 5.92. The fraction of sp³-hybridized carbons (Fsp3) is 1.00. The van der Waals surface area contributed by atoms with Crippen molar-refractivity contribution in [3.05, 3.63) is 0 Å². The Bertz CT molecular complexity index is 206. The number of rotatable bonds is 6. The standard InChI is InChI=1S/C14H30N2O/c1-11(2)9-15-10-14-7-5-6-8-16(14)12(3)13(4)17/h11-15,17H,5-10H2,1-4H3. The van der Waals surface area contributed by atoms with E-state index < -0.39 is 0 Å². The second-order valence-corrected chi connectivity index (χ2v) is 5.92. The Balaban J connectivity index is 2.42. The molecule has 0 radical (unpaired) electrons. The van der Waals surface area contributed by atoms with E-state index in [1.165, 1.54) is 19.3 Å². The van der Waals surface area contributed by atoms with Gasteiger partial charge in [-0.1, -0.05) is 20.3 Å². The highest BCUT2D eigenvalue weighted by Gasteiger charge is 2.28. The van der Waals surface area contributed by atoms with E-state index in [-0.39, 0.29) is 12.1 Å². The Morgan fingerprint density at radius 2 is 1.94 bits per heavy atom. The van der Waals surface area contributed by atoms with Gasteiger partial charge in [-0.3, -0.25) is 4.90 Å². The van der Waals surface area contributed by atoms with Gasteiger partial charge >= 0.3 is 0 Å². The molecule has 17 heavy (non-hydrogen) atoms. The van der Waals surface area contributed by atoms with Gasteiger partial charge in [-0.15, -0.1) is 0 Å². The smallest absolute Gasteiger partial charge is 0.0664 e. The van der Waals surface area contributed by atoms with Gasteiger partial charge in [-0.05, 0) is 45.7 Å². The Hall–Kier alpha value is -0.120. The summed E-state index contributed by atoms with van der Waals surface area (Å²) in [6.45, 7) is 11.8. The highest BCUT2D eigenvalue weighted by Crippen LogP contribution is 2.20. The number of aliphatic hydroxyl groups excluding tert-OH is 1. The average molecular weight is 242 g/mol. The third-order valence-corrected chi connectivity index (χ3v) is 3.83. The molecule has 1 aliphatic rings. The van der Waals surface area contributed by atoms with Crippen LogP contribution < -0.4 is 5.32 Å². The van der Waals surface area contributed by atoms with Crippen LogP contribution in [0.25, 0.3) is 0 Å². The Morgan fingerprint density at radius 1 is 1.24 bits per heavy atom. The molecule has 0 aromatic carbocycles. The van der Waals surface area contributed by atoms with E-state index in [0.29, 0.717) is 12.0 Å². The maximum atomic E-state index is 9.74. The molecule has 0 spiro atoms. The summed E-state index contributed by atoms with van der Waals surface area (Å²) in [7, 11) is 0. The quantitative estimate of drug-likeness (QED) is 0.746. The van der Waals surface area contributed by atoms with Crippen molar-refractivity contribution >= 4 is 0 Å². The first kappa shape index (κ1) is 14.9. The van der Waals surface area contributed by atoms with E-state index in [4.69, 9.17) is 0 Å². The van der Waals surface area contributed by atoms with Crippen LogP contribution in [0.2, 0.25) is 0 Å². The molecule has 1 aliphatic heterocycles. The van der Waals surface area contributed by atoms with Gasteiger partial charge in [0.2, 0.25) is 0 Å². The molecule has 3 unspecified atom stereocenters. The van der Waals surface area contributed by atoms with Gasteiger partial charge in [0, 0.05) is 18.6 Å². The maximum Gasteiger partial charge on any atom is 0.0664 e. The number of hydrogen-bond donors (Lipinski definition) is 2.